The van der Waals surface area contributed by atoms with E-state index in [1.54, 1.807) is 0 Å². The quantitative estimate of drug-likeness (QED) is 0.581. The van der Waals surface area contributed by atoms with E-state index in [1.165, 1.54) is 0 Å². The highest BCUT2D eigenvalue weighted by Crippen LogP contribution is 1.97. The minimum Gasteiger partial charge on any atom is -0.389 e. The first-order valence-electron chi connectivity index (χ1n) is 3.76. The highest BCUT2D eigenvalue weighted by Gasteiger charge is 1.93. The lowest BCUT2D eigenvalue weighted by Crippen LogP contribution is -1.99. The van der Waals surface area contributed by atoms with Gasteiger partial charge in [0, 0.05) is 0 Å². The Morgan fingerprint density at radius 3 is 2.80 bits per heavy atom. The van der Waals surface area contributed by atoms with Crippen molar-refractivity contribution in [2.75, 3.05) is 0 Å². The summed E-state index contributed by atoms with van der Waals surface area (Å²) in [4.78, 5) is 0. The van der Waals surface area contributed by atoms with Crippen molar-refractivity contribution in [1.82, 2.24) is 0 Å². The maximum Gasteiger partial charge on any atom is 0.0720 e. The Morgan fingerprint density at radius 2 is 2.30 bits per heavy atom. The molecule has 1 unspecified atom stereocenters. The third-order valence-corrected chi connectivity index (χ3v) is 1.25. The molecule has 0 aromatic carbocycles. The van der Waals surface area contributed by atoms with Crippen molar-refractivity contribution in [3.63, 3.8) is 0 Å². The molecule has 0 radical (unpaired) electrons. The van der Waals surface area contributed by atoms with Gasteiger partial charge in [-0.2, -0.15) is 0 Å². The van der Waals surface area contributed by atoms with E-state index >= 15 is 0 Å². The molecule has 0 rings (SSSR count). The van der Waals surface area contributed by atoms with Crippen LogP contribution < -0.4 is 0 Å². The summed E-state index contributed by atoms with van der Waals surface area (Å²) >= 11 is 0. The Morgan fingerprint density at radius 1 is 1.60 bits per heavy atom. The normalized spacial score (nSPS) is 13.8. The highest BCUT2D eigenvalue weighted by molar-refractivity contribution is 4.92. The first-order valence-corrected chi connectivity index (χ1v) is 3.76. The van der Waals surface area contributed by atoms with E-state index in [0.29, 0.717) is 0 Å². The Hall–Kier alpha value is -0.560. The van der Waals surface area contributed by atoms with Crippen molar-refractivity contribution in [3.8, 4) is 0 Å². The van der Waals surface area contributed by atoms with Gasteiger partial charge in [-0.1, -0.05) is 31.6 Å². The van der Waals surface area contributed by atoms with E-state index < -0.39 is 0 Å². The standard InChI is InChI=1S/C9H16O/c1-3-5-6-8-9(10)7-4-2/h3,6,8-10H,1,4-5,7H2,2H3. The summed E-state index contributed by atoms with van der Waals surface area (Å²) in [5, 5.41) is 9.15. The van der Waals surface area contributed by atoms with E-state index in [4.69, 9.17) is 5.11 Å². The molecule has 0 amide bonds. The smallest absolute Gasteiger partial charge is 0.0720 e. The number of aliphatic hydroxyl groups is 1. The summed E-state index contributed by atoms with van der Waals surface area (Å²) in [6.07, 6.45) is 8.05. The van der Waals surface area contributed by atoms with E-state index in [-0.39, 0.29) is 6.10 Å². The predicted octanol–water partition coefficient (Wildman–Crippen LogP) is 2.28. The summed E-state index contributed by atoms with van der Waals surface area (Å²) in [6.45, 7) is 5.63. The zero-order valence-electron chi connectivity index (χ0n) is 6.59. The van der Waals surface area contributed by atoms with Crippen molar-refractivity contribution in [2.45, 2.75) is 32.3 Å². The molecule has 0 bridgehead atoms. The minimum atomic E-state index is -0.259. The molecule has 0 aromatic rings. The van der Waals surface area contributed by atoms with Gasteiger partial charge in [-0.25, -0.2) is 0 Å². The number of allylic oxidation sites excluding steroid dienone is 2. The van der Waals surface area contributed by atoms with Crippen LogP contribution in [-0.2, 0) is 0 Å². The number of hydrogen-bond donors (Lipinski definition) is 1. The second kappa shape index (κ2) is 6.56. The number of aliphatic hydroxyl groups excluding tert-OH is 1. The van der Waals surface area contributed by atoms with Crippen LogP contribution >= 0.6 is 0 Å². The summed E-state index contributed by atoms with van der Waals surface area (Å²) < 4.78 is 0. The fourth-order valence-corrected chi connectivity index (χ4v) is 0.724. The summed E-state index contributed by atoms with van der Waals surface area (Å²) in [5.74, 6) is 0. The SMILES string of the molecule is C=CCC=CC(O)CCC. The molecule has 1 atom stereocenters. The van der Waals surface area contributed by atoms with Crippen LogP contribution in [0.15, 0.2) is 24.8 Å². The van der Waals surface area contributed by atoms with Crippen molar-refractivity contribution in [1.29, 1.82) is 0 Å². The van der Waals surface area contributed by atoms with Crippen LogP contribution in [0.3, 0.4) is 0 Å². The molecule has 1 N–H and O–H groups in total. The Labute approximate surface area is 63.1 Å². The van der Waals surface area contributed by atoms with Gasteiger partial charge in [0.1, 0.15) is 0 Å². The third kappa shape index (κ3) is 5.57. The molecule has 0 aliphatic heterocycles. The Bertz CT molecular complexity index is 105. The van der Waals surface area contributed by atoms with Gasteiger partial charge in [-0.3, -0.25) is 0 Å². The minimum absolute atomic E-state index is 0.259. The monoisotopic (exact) mass is 140 g/mol. The molecule has 58 valence electrons. The van der Waals surface area contributed by atoms with Crippen LogP contribution in [0.5, 0.6) is 0 Å². The fourth-order valence-electron chi connectivity index (χ4n) is 0.724. The molecule has 0 heterocycles. The molecule has 0 aliphatic carbocycles. The van der Waals surface area contributed by atoms with Gasteiger partial charge < -0.3 is 5.11 Å². The van der Waals surface area contributed by atoms with Gasteiger partial charge in [0.15, 0.2) is 0 Å². The summed E-state index contributed by atoms with van der Waals surface area (Å²) in [5.41, 5.74) is 0. The third-order valence-electron chi connectivity index (χ3n) is 1.25. The largest absolute Gasteiger partial charge is 0.389 e. The molecule has 10 heavy (non-hydrogen) atoms. The Balaban J connectivity index is 3.34. The molecule has 1 nitrogen and oxygen atoms in total. The molecule has 1 heteroatoms. The molecule has 0 saturated heterocycles. The van der Waals surface area contributed by atoms with Gasteiger partial charge in [0.2, 0.25) is 0 Å². The lowest BCUT2D eigenvalue weighted by Gasteiger charge is -2.00. The molecule has 0 aliphatic rings. The van der Waals surface area contributed by atoms with Crippen LogP contribution in [0.25, 0.3) is 0 Å². The lowest BCUT2D eigenvalue weighted by atomic mass is 10.2. The average molecular weight is 140 g/mol. The first kappa shape index (κ1) is 9.44. The molecule has 0 saturated carbocycles. The van der Waals surface area contributed by atoms with Crippen LogP contribution in [0, 0.1) is 0 Å². The van der Waals surface area contributed by atoms with E-state index in [1.807, 2.05) is 18.2 Å². The van der Waals surface area contributed by atoms with Gasteiger partial charge in [0.25, 0.3) is 0 Å². The van der Waals surface area contributed by atoms with E-state index in [0.717, 1.165) is 19.3 Å². The first-order chi connectivity index (χ1) is 4.81. The second-order valence-corrected chi connectivity index (χ2v) is 2.31. The van der Waals surface area contributed by atoms with Crippen LogP contribution in [0.4, 0.5) is 0 Å². The van der Waals surface area contributed by atoms with E-state index in [9.17, 15) is 0 Å². The number of hydrogen-bond acceptors (Lipinski definition) is 1. The van der Waals surface area contributed by atoms with Crippen LogP contribution in [0.1, 0.15) is 26.2 Å². The van der Waals surface area contributed by atoms with E-state index in [2.05, 4.69) is 13.5 Å². The molecule has 0 spiro atoms. The summed E-state index contributed by atoms with van der Waals surface area (Å²) in [7, 11) is 0. The van der Waals surface area contributed by atoms with Crippen molar-refractivity contribution < 1.29 is 5.11 Å². The maximum atomic E-state index is 9.15. The van der Waals surface area contributed by atoms with Crippen molar-refractivity contribution in [3.05, 3.63) is 24.8 Å². The van der Waals surface area contributed by atoms with Crippen molar-refractivity contribution >= 4 is 0 Å². The predicted molar refractivity (Wildman–Crippen MR) is 44.9 cm³/mol. The van der Waals surface area contributed by atoms with Crippen LogP contribution in [0.2, 0.25) is 0 Å². The summed E-state index contributed by atoms with van der Waals surface area (Å²) in [6, 6.07) is 0. The Kier molecular flexibility index (Phi) is 6.19. The molecular formula is C9H16O. The van der Waals surface area contributed by atoms with Gasteiger partial charge in [0.05, 0.1) is 6.10 Å². The maximum absolute atomic E-state index is 9.15. The lowest BCUT2D eigenvalue weighted by molar-refractivity contribution is 0.211. The molecule has 0 fully saturated rings. The second-order valence-electron chi connectivity index (χ2n) is 2.31. The van der Waals surface area contributed by atoms with Crippen molar-refractivity contribution in [2.24, 2.45) is 0 Å². The zero-order valence-corrected chi connectivity index (χ0v) is 6.59. The van der Waals surface area contributed by atoms with Gasteiger partial charge in [-0.15, -0.1) is 6.58 Å². The highest BCUT2D eigenvalue weighted by atomic mass is 16.3. The molecular weight excluding hydrogens is 124 g/mol. The van der Waals surface area contributed by atoms with Crippen LogP contribution in [-0.4, -0.2) is 11.2 Å². The van der Waals surface area contributed by atoms with Gasteiger partial charge in [-0.05, 0) is 12.8 Å². The number of rotatable bonds is 5. The van der Waals surface area contributed by atoms with Gasteiger partial charge >= 0.3 is 0 Å². The fraction of sp³-hybridized carbons (Fsp3) is 0.556. The molecule has 0 aromatic heterocycles. The topological polar surface area (TPSA) is 20.2 Å². The zero-order chi connectivity index (χ0) is 7.82. The average Bonchev–Trinajstić information content (AvgIpc) is 1.89.